The van der Waals surface area contributed by atoms with Crippen molar-refractivity contribution >= 4 is 0 Å². The number of likely N-dealkylation sites (N-methyl/N-ethyl adjacent to an activating group) is 1. The molecule has 0 radical (unpaired) electrons. The molecule has 0 unspecified atom stereocenters. The normalized spacial score (nSPS) is 50.1. The van der Waals surface area contributed by atoms with Crippen molar-refractivity contribution in [3.05, 3.63) is 12.2 Å². The Morgan fingerprint density at radius 3 is 2.91 bits per heavy atom. The first-order valence-electron chi connectivity index (χ1n) is 3.90. The van der Waals surface area contributed by atoms with Crippen molar-refractivity contribution < 1.29 is 4.39 Å². The molecule has 1 aliphatic heterocycles. The van der Waals surface area contributed by atoms with E-state index in [0.717, 1.165) is 0 Å². The zero-order valence-electron chi connectivity index (χ0n) is 6.68. The number of rotatable bonds is 0. The second-order valence-electron chi connectivity index (χ2n) is 3.80. The maximum atomic E-state index is 13.9. The van der Waals surface area contributed by atoms with Crippen molar-refractivity contribution in [2.75, 3.05) is 20.1 Å². The summed E-state index contributed by atoms with van der Waals surface area (Å²) in [6, 6.07) is 0. The first kappa shape index (κ1) is 7.25. The van der Waals surface area contributed by atoms with Gasteiger partial charge >= 0.3 is 0 Å². The standard InChI is InChI=1S/C8H13FN2/c1-11-5-7(9)3-2-4-8(7,10)6-11/h2-3H,4-6,10H2,1H3/t7-,8+/m0/s1. The van der Waals surface area contributed by atoms with Gasteiger partial charge in [-0.05, 0) is 19.5 Å². The lowest BCUT2D eigenvalue weighted by atomic mass is 9.88. The fraction of sp³-hybridized carbons (Fsp3) is 0.750. The first-order valence-corrected chi connectivity index (χ1v) is 3.90. The van der Waals surface area contributed by atoms with E-state index in [2.05, 4.69) is 0 Å². The molecule has 0 spiro atoms. The average molecular weight is 156 g/mol. The second-order valence-corrected chi connectivity index (χ2v) is 3.80. The maximum Gasteiger partial charge on any atom is 0.161 e. The molecule has 1 heterocycles. The molecule has 2 aliphatic rings. The molecule has 0 aromatic rings. The summed E-state index contributed by atoms with van der Waals surface area (Å²) in [6.45, 7) is 1.11. The van der Waals surface area contributed by atoms with Gasteiger partial charge in [-0.25, -0.2) is 4.39 Å². The molecule has 1 saturated heterocycles. The monoisotopic (exact) mass is 156 g/mol. The summed E-state index contributed by atoms with van der Waals surface area (Å²) in [7, 11) is 1.90. The van der Waals surface area contributed by atoms with Crippen LogP contribution in [0.4, 0.5) is 4.39 Å². The largest absolute Gasteiger partial charge is 0.321 e. The van der Waals surface area contributed by atoms with Crippen molar-refractivity contribution in [1.82, 2.24) is 4.90 Å². The van der Waals surface area contributed by atoms with Crippen LogP contribution in [0.25, 0.3) is 0 Å². The summed E-state index contributed by atoms with van der Waals surface area (Å²) in [5.74, 6) is 0. The predicted octanol–water partition coefficient (Wildman–Crippen LogP) is 0.298. The zero-order valence-corrected chi connectivity index (χ0v) is 6.68. The van der Waals surface area contributed by atoms with Crippen LogP contribution >= 0.6 is 0 Å². The minimum atomic E-state index is -1.26. The minimum absolute atomic E-state index is 0.444. The van der Waals surface area contributed by atoms with E-state index in [1.165, 1.54) is 0 Å². The summed E-state index contributed by atoms with van der Waals surface area (Å²) in [5.41, 5.74) is 4.01. The molecule has 2 N–H and O–H groups in total. The third kappa shape index (κ3) is 0.781. The molecule has 62 valence electrons. The Bertz CT molecular complexity index is 216. The molecule has 3 heteroatoms. The van der Waals surface area contributed by atoms with E-state index in [-0.39, 0.29) is 0 Å². The molecular weight excluding hydrogens is 143 g/mol. The Morgan fingerprint density at radius 1 is 1.55 bits per heavy atom. The van der Waals surface area contributed by atoms with Crippen molar-refractivity contribution in [2.24, 2.45) is 5.73 Å². The van der Waals surface area contributed by atoms with Crippen molar-refractivity contribution in [1.29, 1.82) is 0 Å². The third-order valence-corrected chi connectivity index (χ3v) is 2.74. The summed E-state index contributed by atoms with van der Waals surface area (Å²) < 4.78 is 13.9. The van der Waals surface area contributed by atoms with Crippen LogP contribution in [-0.4, -0.2) is 36.2 Å². The molecule has 0 amide bonds. The van der Waals surface area contributed by atoms with Crippen LogP contribution in [0.1, 0.15) is 6.42 Å². The number of nitrogens with zero attached hydrogens (tertiary/aromatic N) is 1. The first-order chi connectivity index (χ1) is 5.06. The SMILES string of the molecule is CN1C[C@]2(N)CC=C[C@]2(F)C1. The highest BCUT2D eigenvalue weighted by molar-refractivity contribution is 5.28. The fourth-order valence-corrected chi connectivity index (χ4v) is 2.13. The molecular formula is C8H13FN2. The van der Waals surface area contributed by atoms with E-state index in [9.17, 15) is 4.39 Å². The second kappa shape index (κ2) is 1.84. The highest BCUT2D eigenvalue weighted by Gasteiger charge is 2.56. The molecule has 2 atom stereocenters. The van der Waals surface area contributed by atoms with Crippen LogP contribution in [0.2, 0.25) is 0 Å². The number of alkyl halides is 1. The highest BCUT2D eigenvalue weighted by atomic mass is 19.1. The zero-order chi connectivity index (χ0) is 8.11. The lowest BCUT2D eigenvalue weighted by molar-refractivity contribution is 0.171. The molecule has 1 aliphatic carbocycles. The Kier molecular flexibility index (Phi) is 1.22. The quantitative estimate of drug-likeness (QED) is 0.511. The number of hydrogen-bond acceptors (Lipinski definition) is 2. The average Bonchev–Trinajstić information content (AvgIpc) is 2.16. The van der Waals surface area contributed by atoms with Gasteiger partial charge in [-0.3, -0.25) is 0 Å². The van der Waals surface area contributed by atoms with Gasteiger partial charge in [-0.1, -0.05) is 6.08 Å². The Balaban J connectivity index is 2.33. The van der Waals surface area contributed by atoms with Gasteiger partial charge in [0.15, 0.2) is 5.67 Å². The van der Waals surface area contributed by atoms with E-state index >= 15 is 0 Å². The van der Waals surface area contributed by atoms with Crippen LogP contribution in [0, 0.1) is 0 Å². The molecule has 2 nitrogen and oxygen atoms in total. The van der Waals surface area contributed by atoms with E-state index in [4.69, 9.17) is 5.73 Å². The van der Waals surface area contributed by atoms with Crippen LogP contribution in [0.3, 0.4) is 0 Å². The molecule has 11 heavy (non-hydrogen) atoms. The lowest BCUT2D eigenvalue weighted by Crippen LogP contribution is -2.53. The highest BCUT2D eigenvalue weighted by Crippen LogP contribution is 2.40. The molecule has 1 fully saturated rings. The molecule has 0 aromatic carbocycles. The van der Waals surface area contributed by atoms with Gasteiger partial charge in [-0.2, -0.15) is 0 Å². The van der Waals surface area contributed by atoms with Crippen LogP contribution in [0.5, 0.6) is 0 Å². The Labute approximate surface area is 65.9 Å². The van der Waals surface area contributed by atoms with Crippen LogP contribution in [-0.2, 0) is 0 Å². The molecule has 0 saturated carbocycles. The summed E-state index contributed by atoms with van der Waals surface area (Å²) in [4.78, 5) is 1.95. The minimum Gasteiger partial charge on any atom is -0.321 e. The van der Waals surface area contributed by atoms with Crippen LogP contribution < -0.4 is 5.73 Å². The lowest BCUT2D eigenvalue weighted by Gasteiger charge is -2.27. The van der Waals surface area contributed by atoms with Crippen molar-refractivity contribution in [3.8, 4) is 0 Å². The molecule has 2 rings (SSSR count). The summed E-state index contributed by atoms with van der Waals surface area (Å²) in [6.07, 6.45) is 4.15. The molecule has 0 bridgehead atoms. The number of halogens is 1. The van der Waals surface area contributed by atoms with E-state index in [1.807, 2.05) is 18.0 Å². The Morgan fingerprint density at radius 2 is 2.27 bits per heavy atom. The predicted molar refractivity (Wildman–Crippen MR) is 42.0 cm³/mol. The maximum absolute atomic E-state index is 13.9. The van der Waals surface area contributed by atoms with Gasteiger partial charge in [0.25, 0.3) is 0 Å². The summed E-state index contributed by atoms with van der Waals surface area (Å²) in [5, 5.41) is 0. The number of likely N-dealkylation sites (tertiary alicyclic amines) is 1. The van der Waals surface area contributed by atoms with Gasteiger partial charge in [0.05, 0.1) is 5.54 Å². The fourth-order valence-electron chi connectivity index (χ4n) is 2.13. The van der Waals surface area contributed by atoms with Crippen LogP contribution in [0.15, 0.2) is 12.2 Å². The number of fused-ring (bicyclic) bond motifs is 1. The van der Waals surface area contributed by atoms with Gasteiger partial charge < -0.3 is 10.6 Å². The molecule has 0 aromatic heterocycles. The van der Waals surface area contributed by atoms with E-state index in [0.29, 0.717) is 19.5 Å². The number of hydrogen-bond donors (Lipinski definition) is 1. The van der Waals surface area contributed by atoms with E-state index < -0.39 is 11.2 Å². The third-order valence-electron chi connectivity index (χ3n) is 2.74. The topological polar surface area (TPSA) is 29.3 Å². The van der Waals surface area contributed by atoms with E-state index in [1.54, 1.807) is 6.08 Å². The smallest absolute Gasteiger partial charge is 0.161 e. The van der Waals surface area contributed by atoms with Gasteiger partial charge in [0, 0.05) is 13.1 Å². The Hall–Kier alpha value is -0.410. The van der Waals surface area contributed by atoms with Gasteiger partial charge in [-0.15, -0.1) is 0 Å². The summed E-state index contributed by atoms with van der Waals surface area (Å²) >= 11 is 0. The number of nitrogens with two attached hydrogens (primary N) is 1. The van der Waals surface area contributed by atoms with Gasteiger partial charge in [0.1, 0.15) is 0 Å². The van der Waals surface area contributed by atoms with Crippen molar-refractivity contribution in [3.63, 3.8) is 0 Å². The van der Waals surface area contributed by atoms with Gasteiger partial charge in [0.2, 0.25) is 0 Å². The van der Waals surface area contributed by atoms with Crippen molar-refractivity contribution in [2.45, 2.75) is 17.6 Å².